The number of thioether (sulfide) groups is 1. The first-order valence-electron chi connectivity index (χ1n) is 6.07. The molecule has 0 bridgehead atoms. The lowest BCUT2D eigenvalue weighted by atomic mass is 10.1. The average molecular weight is 328 g/mol. The molecule has 0 fully saturated rings. The zero-order valence-corrected chi connectivity index (χ0v) is 13.4. The number of hydrogen-bond acceptors (Lipinski definition) is 3. The van der Waals surface area contributed by atoms with Crippen LogP contribution in [0, 0.1) is 0 Å². The number of methoxy groups -OCH3 is 1. The molecule has 0 radical (unpaired) electrons. The predicted octanol–water partition coefficient (Wildman–Crippen LogP) is 4.75. The molecule has 0 aliphatic rings. The quantitative estimate of drug-likeness (QED) is 0.804. The van der Waals surface area contributed by atoms with Crippen molar-refractivity contribution in [3.8, 4) is 5.75 Å². The van der Waals surface area contributed by atoms with E-state index >= 15 is 0 Å². The van der Waals surface area contributed by atoms with Crippen LogP contribution in [0.15, 0.2) is 41.3 Å². The molecule has 2 aromatic carbocycles. The lowest BCUT2D eigenvalue weighted by molar-refractivity contribution is 0.411. The van der Waals surface area contributed by atoms with Gasteiger partial charge in [-0.2, -0.15) is 0 Å². The monoisotopic (exact) mass is 327 g/mol. The van der Waals surface area contributed by atoms with Crippen LogP contribution in [0.3, 0.4) is 0 Å². The van der Waals surface area contributed by atoms with Gasteiger partial charge in [-0.05, 0) is 35.9 Å². The van der Waals surface area contributed by atoms with Gasteiger partial charge in [-0.1, -0.05) is 29.3 Å². The summed E-state index contributed by atoms with van der Waals surface area (Å²) >= 11 is 13.6. The fourth-order valence-corrected chi connectivity index (χ4v) is 3.08. The number of nitrogens with two attached hydrogens (primary N) is 1. The van der Waals surface area contributed by atoms with E-state index in [2.05, 4.69) is 6.07 Å². The van der Waals surface area contributed by atoms with E-state index in [-0.39, 0.29) is 0 Å². The Kier molecular flexibility index (Phi) is 5.61. The molecule has 20 heavy (non-hydrogen) atoms. The molecule has 0 heterocycles. The van der Waals surface area contributed by atoms with Crippen molar-refractivity contribution in [1.82, 2.24) is 0 Å². The van der Waals surface area contributed by atoms with Crippen LogP contribution in [0.4, 0.5) is 0 Å². The van der Waals surface area contributed by atoms with Crippen molar-refractivity contribution in [3.05, 3.63) is 57.6 Å². The van der Waals surface area contributed by atoms with Gasteiger partial charge in [-0.25, -0.2) is 0 Å². The smallest absolute Gasteiger partial charge is 0.122 e. The summed E-state index contributed by atoms with van der Waals surface area (Å²) in [6.07, 6.45) is 0. The van der Waals surface area contributed by atoms with Gasteiger partial charge < -0.3 is 10.5 Å². The van der Waals surface area contributed by atoms with E-state index in [4.69, 9.17) is 33.7 Å². The molecule has 0 aliphatic carbocycles. The molecule has 2 aromatic rings. The minimum atomic E-state index is 0.522. The van der Waals surface area contributed by atoms with Gasteiger partial charge in [0.2, 0.25) is 0 Å². The topological polar surface area (TPSA) is 35.2 Å². The first-order valence-corrected chi connectivity index (χ1v) is 7.82. The maximum atomic E-state index is 6.02. The van der Waals surface area contributed by atoms with E-state index < -0.39 is 0 Å². The van der Waals surface area contributed by atoms with E-state index in [1.54, 1.807) is 24.9 Å². The Morgan fingerprint density at radius 2 is 1.90 bits per heavy atom. The molecular weight excluding hydrogens is 313 g/mol. The van der Waals surface area contributed by atoms with Crippen molar-refractivity contribution in [1.29, 1.82) is 0 Å². The van der Waals surface area contributed by atoms with Gasteiger partial charge >= 0.3 is 0 Å². The highest BCUT2D eigenvalue weighted by Crippen LogP contribution is 2.32. The zero-order chi connectivity index (χ0) is 14.5. The minimum absolute atomic E-state index is 0.522. The summed E-state index contributed by atoms with van der Waals surface area (Å²) in [5.74, 6) is 1.66. The van der Waals surface area contributed by atoms with Crippen LogP contribution in [0.1, 0.15) is 11.1 Å². The molecule has 0 amide bonds. The molecule has 0 aliphatic heterocycles. The van der Waals surface area contributed by atoms with Crippen LogP contribution < -0.4 is 10.5 Å². The van der Waals surface area contributed by atoms with E-state index in [9.17, 15) is 0 Å². The van der Waals surface area contributed by atoms with Crippen LogP contribution in [-0.4, -0.2) is 7.11 Å². The van der Waals surface area contributed by atoms with Gasteiger partial charge in [-0.15, -0.1) is 11.8 Å². The summed E-state index contributed by atoms with van der Waals surface area (Å²) in [4.78, 5) is 1.07. The molecule has 0 unspecified atom stereocenters. The summed E-state index contributed by atoms with van der Waals surface area (Å²) in [7, 11) is 1.67. The summed E-state index contributed by atoms with van der Waals surface area (Å²) in [6, 6.07) is 11.6. The highest BCUT2D eigenvalue weighted by molar-refractivity contribution is 7.98. The SMILES string of the molecule is COc1ccc(CN)cc1CSc1ccc(Cl)c(Cl)c1. The second-order valence-corrected chi connectivity index (χ2v) is 6.08. The normalized spacial score (nSPS) is 10.6. The van der Waals surface area contributed by atoms with Gasteiger partial charge in [0.25, 0.3) is 0 Å². The van der Waals surface area contributed by atoms with Crippen LogP contribution >= 0.6 is 35.0 Å². The average Bonchev–Trinajstić information content (AvgIpc) is 2.48. The Bertz CT molecular complexity index is 604. The van der Waals surface area contributed by atoms with E-state index in [1.165, 1.54) is 0 Å². The van der Waals surface area contributed by atoms with Crippen molar-refractivity contribution in [2.45, 2.75) is 17.2 Å². The largest absolute Gasteiger partial charge is 0.496 e. The molecule has 2 nitrogen and oxygen atoms in total. The van der Waals surface area contributed by atoms with Gasteiger partial charge in [-0.3, -0.25) is 0 Å². The number of hydrogen-bond donors (Lipinski definition) is 1. The second-order valence-electron chi connectivity index (χ2n) is 4.21. The molecule has 2 rings (SSSR count). The summed E-state index contributed by atoms with van der Waals surface area (Å²) in [6.45, 7) is 0.522. The van der Waals surface area contributed by atoms with E-state index in [0.717, 1.165) is 27.5 Å². The number of benzene rings is 2. The first kappa shape index (κ1) is 15.5. The highest BCUT2D eigenvalue weighted by atomic mass is 35.5. The maximum Gasteiger partial charge on any atom is 0.122 e. The molecule has 0 saturated carbocycles. The Morgan fingerprint density at radius 3 is 2.55 bits per heavy atom. The van der Waals surface area contributed by atoms with Crippen molar-refractivity contribution in [3.63, 3.8) is 0 Å². The van der Waals surface area contributed by atoms with Gasteiger partial charge in [0.1, 0.15) is 5.75 Å². The summed E-state index contributed by atoms with van der Waals surface area (Å²) < 4.78 is 5.37. The molecule has 5 heteroatoms. The molecule has 0 atom stereocenters. The van der Waals surface area contributed by atoms with Crippen LogP contribution in [0.25, 0.3) is 0 Å². The molecule has 106 valence electrons. The fourth-order valence-electron chi connectivity index (χ4n) is 1.80. The molecular formula is C15H15Cl2NOS. The third kappa shape index (κ3) is 3.83. The highest BCUT2D eigenvalue weighted by Gasteiger charge is 2.06. The molecule has 0 aromatic heterocycles. The first-order chi connectivity index (χ1) is 9.63. The summed E-state index contributed by atoms with van der Waals surface area (Å²) in [5.41, 5.74) is 7.88. The van der Waals surface area contributed by atoms with Gasteiger partial charge in [0, 0.05) is 22.8 Å². The Morgan fingerprint density at radius 1 is 1.10 bits per heavy atom. The second kappa shape index (κ2) is 7.23. The van der Waals surface area contributed by atoms with Crippen molar-refractivity contribution < 1.29 is 4.74 Å². The van der Waals surface area contributed by atoms with Gasteiger partial charge in [0.05, 0.1) is 17.2 Å². The van der Waals surface area contributed by atoms with Crippen LogP contribution in [0.5, 0.6) is 5.75 Å². The van der Waals surface area contributed by atoms with E-state index in [0.29, 0.717) is 16.6 Å². The zero-order valence-electron chi connectivity index (χ0n) is 11.0. The lowest BCUT2D eigenvalue weighted by Crippen LogP contribution is -1.98. The lowest BCUT2D eigenvalue weighted by Gasteiger charge is -2.10. The Hall–Kier alpha value is -0.870. The van der Waals surface area contributed by atoms with Crippen molar-refractivity contribution >= 4 is 35.0 Å². The summed E-state index contributed by atoms with van der Waals surface area (Å²) in [5, 5.41) is 1.14. The number of rotatable bonds is 5. The molecule has 0 spiro atoms. The molecule has 2 N–H and O–H groups in total. The van der Waals surface area contributed by atoms with Crippen molar-refractivity contribution in [2.24, 2.45) is 5.73 Å². The minimum Gasteiger partial charge on any atom is -0.496 e. The standard InChI is InChI=1S/C15H15Cl2NOS/c1-19-15-5-2-10(8-18)6-11(15)9-20-12-3-4-13(16)14(17)7-12/h2-7H,8-9,18H2,1H3. The predicted molar refractivity (Wildman–Crippen MR) is 86.9 cm³/mol. The van der Waals surface area contributed by atoms with E-state index in [1.807, 2.05) is 24.3 Å². The Balaban J connectivity index is 2.15. The number of ether oxygens (including phenoxy) is 1. The fraction of sp³-hybridized carbons (Fsp3) is 0.200. The third-order valence-electron chi connectivity index (χ3n) is 2.87. The third-order valence-corrected chi connectivity index (χ3v) is 4.65. The van der Waals surface area contributed by atoms with Crippen molar-refractivity contribution in [2.75, 3.05) is 7.11 Å². The van der Waals surface area contributed by atoms with Gasteiger partial charge in [0.15, 0.2) is 0 Å². The molecule has 0 saturated heterocycles. The Labute approximate surface area is 133 Å². The van der Waals surface area contributed by atoms with Crippen LogP contribution in [0.2, 0.25) is 10.0 Å². The number of halogens is 2. The van der Waals surface area contributed by atoms with Crippen LogP contribution in [-0.2, 0) is 12.3 Å². The maximum absolute atomic E-state index is 6.02.